The minimum absolute atomic E-state index is 0.0239. The Balaban J connectivity index is 1.87. The number of benzene rings is 2. The van der Waals surface area contributed by atoms with Crippen LogP contribution in [0.3, 0.4) is 0 Å². The van der Waals surface area contributed by atoms with Gasteiger partial charge in [-0.1, -0.05) is 36.4 Å². The lowest BCUT2D eigenvalue weighted by atomic mass is 10.0. The van der Waals surface area contributed by atoms with Crippen molar-refractivity contribution < 1.29 is 24.5 Å². The van der Waals surface area contributed by atoms with Crippen LogP contribution in [-0.4, -0.2) is 46.4 Å². The average molecular weight is 406 g/mol. The summed E-state index contributed by atoms with van der Waals surface area (Å²) in [6.45, 7) is 0.342. The van der Waals surface area contributed by atoms with Crippen molar-refractivity contribution >= 4 is 34.0 Å². The summed E-state index contributed by atoms with van der Waals surface area (Å²) in [6.07, 6.45) is 2.11. The van der Waals surface area contributed by atoms with Crippen molar-refractivity contribution in [3.63, 3.8) is 0 Å². The monoisotopic (exact) mass is 406 g/mol. The van der Waals surface area contributed by atoms with Crippen molar-refractivity contribution in [1.29, 1.82) is 0 Å². The first-order valence-corrected chi connectivity index (χ1v) is 9.78. The molecule has 0 spiro atoms. The highest BCUT2D eigenvalue weighted by Crippen LogP contribution is 2.37. The molecular weight excluding hydrogens is 384 g/mol. The van der Waals surface area contributed by atoms with Crippen LogP contribution >= 0.6 is 0 Å². The van der Waals surface area contributed by atoms with Gasteiger partial charge in [-0.3, -0.25) is 9.59 Å². The van der Waals surface area contributed by atoms with E-state index in [4.69, 9.17) is 9.84 Å². The molecule has 0 radical (unpaired) electrons. The van der Waals surface area contributed by atoms with Gasteiger partial charge in [-0.15, -0.1) is 0 Å². The van der Waals surface area contributed by atoms with Crippen LogP contribution < -0.4 is 4.90 Å². The van der Waals surface area contributed by atoms with Gasteiger partial charge < -0.3 is 19.5 Å². The zero-order chi connectivity index (χ0) is 21.1. The Morgan fingerprint density at radius 1 is 0.867 bits per heavy atom. The number of imide groups is 1. The number of rotatable bonds is 8. The molecule has 2 amide bonds. The van der Waals surface area contributed by atoms with Crippen LogP contribution in [0.4, 0.5) is 5.69 Å². The summed E-state index contributed by atoms with van der Waals surface area (Å²) < 4.78 is 7.57. The van der Waals surface area contributed by atoms with Gasteiger partial charge in [0.1, 0.15) is 0 Å². The predicted molar refractivity (Wildman–Crippen MR) is 113 cm³/mol. The number of aliphatic hydroxyl groups excluding tert-OH is 2. The van der Waals surface area contributed by atoms with E-state index in [1.165, 1.54) is 0 Å². The molecule has 4 rings (SSSR count). The third-order valence-corrected chi connectivity index (χ3v) is 5.00. The van der Waals surface area contributed by atoms with Gasteiger partial charge in [0.15, 0.2) is 5.76 Å². The van der Waals surface area contributed by atoms with Crippen LogP contribution in [0, 0.1) is 0 Å². The Morgan fingerprint density at radius 2 is 1.60 bits per heavy atom. The van der Waals surface area contributed by atoms with E-state index in [2.05, 4.69) is 0 Å². The third-order valence-electron chi connectivity index (χ3n) is 5.00. The molecule has 2 heterocycles. The van der Waals surface area contributed by atoms with E-state index in [1.807, 2.05) is 34.9 Å². The molecule has 0 atom stereocenters. The van der Waals surface area contributed by atoms with Crippen LogP contribution in [0.1, 0.15) is 12.0 Å². The Labute approximate surface area is 173 Å². The molecule has 7 heteroatoms. The molecule has 2 aromatic carbocycles. The number of aromatic nitrogens is 1. The highest BCUT2D eigenvalue weighted by molar-refractivity contribution is 6.46. The maximum absolute atomic E-state index is 13.4. The molecule has 0 bridgehead atoms. The molecule has 0 saturated carbocycles. The normalized spacial score (nSPS) is 14.3. The fourth-order valence-corrected chi connectivity index (χ4v) is 3.67. The molecule has 30 heavy (non-hydrogen) atoms. The lowest BCUT2D eigenvalue weighted by molar-refractivity contribution is -0.121. The summed E-state index contributed by atoms with van der Waals surface area (Å²) in [5.74, 6) is -1.01. The Bertz CT molecular complexity index is 1120. The average Bonchev–Trinajstić information content (AvgIpc) is 3.24. The van der Waals surface area contributed by atoms with E-state index in [-0.39, 0.29) is 31.2 Å². The zero-order valence-corrected chi connectivity index (χ0v) is 16.3. The highest BCUT2D eigenvalue weighted by Gasteiger charge is 2.42. The number of anilines is 1. The Hall–Kier alpha value is -3.42. The van der Waals surface area contributed by atoms with Crippen LogP contribution in [-0.2, 0) is 20.9 Å². The van der Waals surface area contributed by atoms with Gasteiger partial charge in [0.2, 0.25) is 0 Å². The summed E-state index contributed by atoms with van der Waals surface area (Å²) in [5.41, 5.74) is 2.08. The number of amides is 2. The number of fused-ring (bicyclic) bond motifs is 1. The van der Waals surface area contributed by atoms with Crippen molar-refractivity contribution in [1.82, 2.24) is 4.57 Å². The largest absolute Gasteiger partial charge is 0.487 e. The molecule has 0 saturated heterocycles. The molecule has 1 aliphatic rings. The lowest BCUT2D eigenvalue weighted by Crippen LogP contribution is -2.31. The summed E-state index contributed by atoms with van der Waals surface area (Å²) in [5, 5.41) is 19.3. The van der Waals surface area contributed by atoms with E-state index in [9.17, 15) is 14.7 Å². The van der Waals surface area contributed by atoms with E-state index in [1.54, 1.807) is 30.5 Å². The summed E-state index contributed by atoms with van der Waals surface area (Å²) >= 11 is 0. The second-order valence-electron chi connectivity index (χ2n) is 6.89. The van der Waals surface area contributed by atoms with Gasteiger partial charge in [-0.2, -0.15) is 0 Å². The van der Waals surface area contributed by atoms with Crippen molar-refractivity contribution in [3.8, 4) is 0 Å². The highest BCUT2D eigenvalue weighted by atomic mass is 16.5. The first-order chi connectivity index (χ1) is 14.7. The fraction of sp³-hybridized carbons (Fsp3) is 0.217. The van der Waals surface area contributed by atoms with Crippen LogP contribution in [0.25, 0.3) is 16.5 Å². The van der Waals surface area contributed by atoms with E-state index >= 15 is 0 Å². The van der Waals surface area contributed by atoms with Gasteiger partial charge in [0, 0.05) is 42.2 Å². The number of nitrogens with zero attached hydrogens (tertiary/aromatic N) is 2. The van der Waals surface area contributed by atoms with Crippen molar-refractivity contribution in [2.45, 2.75) is 13.0 Å². The van der Waals surface area contributed by atoms with Crippen molar-refractivity contribution in [2.24, 2.45) is 0 Å². The molecule has 7 nitrogen and oxygen atoms in total. The van der Waals surface area contributed by atoms with Crippen molar-refractivity contribution in [2.75, 3.05) is 24.7 Å². The topological polar surface area (TPSA) is 92.0 Å². The maximum Gasteiger partial charge on any atom is 0.301 e. The number of aliphatic hydroxyl groups is 2. The summed E-state index contributed by atoms with van der Waals surface area (Å²) in [4.78, 5) is 27.7. The van der Waals surface area contributed by atoms with Gasteiger partial charge in [-0.25, -0.2) is 4.90 Å². The first kappa shape index (κ1) is 19.9. The molecule has 3 aromatic rings. The minimum atomic E-state index is -0.530. The quantitative estimate of drug-likeness (QED) is 0.443. The van der Waals surface area contributed by atoms with E-state index < -0.39 is 11.8 Å². The summed E-state index contributed by atoms with van der Waals surface area (Å²) in [7, 11) is 0. The molecule has 0 aliphatic carbocycles. The number of carbonyl (C=O) groups is 2. The smallest absolute Gasteiger partial charge is 0.301 e. The molecule has 1 aromatic heterocycles. The second kappa shape index (κ2) is 8.52. The van der Waals surface area contributed by atoms with Gasteiger partial charge in [0.05, 0.1) is 24.5 Å². The number of hydrogen-bond donors (Lipinski definition) is 2. The van der Waals surface area contributed by atoms with E-state index in [0.29, 0.717) is 24.2 Å². The maximum atomic E-state index is 13.4. The van der Waals surface area contributed by atoms with Crippen LogP contribution in [0.15, 0.2) is 66.6 Å². The molecule has 154 valence electrons. The number of carbonyl (C=O) groups excluding carboxylic acids is 2. The third kappa shape index (κ3) is 3.38. The fourth-order valence-electron chi connectivity index (χ4n) is 3.67. The minimum Gasteiger partial charge on any atom is -0.487 e. The van der Waals surface area contributed by atoms with Gasteiger partial charge >= 0.3 is 5.91 Å². The predicted octanol–water partition coefficient (Wildman–Crippen LogP) is 2.32. The van der Waals surface area contributed by atoms with Gasteiger partial charge in [-0.05, 0) is 18.2 Å². The number of para-hydroxylation sites is 2. The standard InChI is InChI=1S/C23H22N2O5/c26-12-6-14-30-21-20(22(28)25(23(21)29)16-7-2-1-3-8-16)18-15-24(11-13-27)19-10-5-4-9-17(18)19/h1-5,7-10,15,26-27H,6,11-14H2. The first-order valence-electron chi connectivity index (χ1n) is 9.78. The molecule has 2 N–H and O–H groups in total. The number of hydrogen-bond acceptors (Lipinski definition) is 5. The Kier molecular flexibility index (Phi) is 5.65. The molecule has 0 fully saturated rings. The Morgan fingerprint density at radius 3 is 2.33 bits per heavy atom. The molecule has 1 aliphatic heterocycles. The van der Waals surface area contributed by atoms with E-state index in [0.717, 1.165) is 15.8 Å². The molecular formula is C23H22N2O5. The van der Waals surface area contributed by atoms with Crippen LogP contribution in [0.5, 0.6) is 0 Å². The van der Waals surface area contributed by atoms with Crippen molar-refractivity contribution in [3.05, 3.63) is 72.1 Å². The number of ether oxygens (including phenoxy) is 1. The molecule has 0 unspecified atom stereocenters. The SMILES string of the molecule is O=C1C(OCCCO)=C(c2cn(CCO)c3ccccc23)C(=O)N1c1ccccc1. The zero-order valence-electron chi connectivity index (χ0n) is 16.3. The summed E-state index contributed by atoms with van der Waals surface area (Å²) in [6, 6.07) is 16.2. The van der Waals surface area contributed by atoms with Crippen LogP contribution in [0.2, 0.25) is 0 Å². The lowest BCUT2D eigenvalue weighted by Gasteiger charge is -2.14. The van der Waals surface area contributed by atoms with Gasteiger partial charge in [0.25, 0.3) is 5.91 Å². The second-order valence-corrected chi connectivity index (χ2v) is 6.89.